The van der Waals surface area contributed by atoms with Gasteiger partial charge in [0.1, 0.15) is 17.5 Å². The van der Waals surface area contributed by atoms with E-state index in [-0.39, 0.29) is 54.9 Å². The van der Waals surface area contributed by atoms with Gasteiger partial charge in [0.05, 0.1) is 47.8 Å². The summed E-state index contributed by atoms with van der Waals surface area (Å²) in [7, 11) is 1.67. The van der Waals surface area contributed by atoms with Gasteiger partial charge in [0.15, 0.2) is 0 Å². The third-order valence-corrected chi connectivity index (χ3v) is 13.4. The average molecular weight is 844 g/mol. The van der Waals surface area contributed by atoms with Gasteiger partial charge in [-0.2, -0.15) is 0 Å². The maximum atomic E-state index is 13.0. The van der Waals surface area contributed by atoms with Crippen molar-refractivity contribution in [2.75, 3.05) is 38.3 Å². The molecule has 15 heteroatoms. The van der Waals surface area contributed by atoms with Crippen LogP contribution in [-0.4, -0.2) is 82.8 Å². The zero-order valence-electron chi connectivity index (χ0n) is 34.3. The highest BCUT2D eigenvalue weighted by molar-refractivity contribution is 7.21. The summed E-state index contributed by atoms with van der Waals surface area (Å²) >= 11 is 1.51. The first kappa shape index (κ1) is 40.5. The molecule has 0 radical (unpaired) electrons. The van der Waals surface area contributed by atoms with Crippen molar-refractivity contribution < 1.29 is 28.7 Å². The summed E-state index contributed by atoms with van der Waals surface area (Å²) in [5.41, 5.74) is 7.09. The number of imide groups is 1. The van der Waals surface area contributed by atoms with E-state index in [9.17, 15) is 24.0 Å². The fourth-order valence-corrected chi connectivity index (χ4v) is 10.1. The van der Waals surface area contributed by atoms with Crippen LogP contribution in [0.2, 0.25) is 0 Å². The lowest BCUT2D eigenvalue weighted by atomic mass is 9.81. The number of carbonyl (C=O) groups is 4. The molecule has 1 aliphatic carbocycles. The van der Waals surface area contributed by atoms with Crippen molar-refractivity contribution in [2.45, 2.75) is 75.9 Å². The predicted octanol–water partition coefficient (Wildman–Crippen LogP) is 5.71. The second-order valence-corrected chi connectivity index (χ2v) is 17.5. The Hall–Kier alpha value is -5.90. The number of piperidine rings is 1. The third kappa shape index (κ3) is 8.29. The van der Waals surface area contributed by atoms with Gasteiger partial charge in [-0.15, -0.1) is 11.3 Å². The predicted molar refractivity (Wildman–Crippen MR) is 235 cm³/mol. The summed E-state index contributed by atoms with van der Waals surface area (Å²) < 4.78 is 15.5. The largest absolute Gasteiger partial charge is 0.381 e. The number of anilines is 1. The smallest absolute Gasteiger partial charge is 0.329 e. The minimum absolute atomic E-state index is 0.0234. The standard InChI is InChI=1S/C46H49N7O7S/c1-26-24-47-42-41-32-11-12-33(50-34(32)13-16-38(41)61-43(42)45(57)48-26)30-5-3-4-29(23-30)28-7-9-31(10-8-28)49-40(55)25-60-21-20-59-19-18-27-6-14-35-37(22-27)52(2)46(58)53(35)36-15-17-39(54)51-44(36)56/h3-6,11-14,16,22-23,26,28,31,36,47H,7-10,15,17-21,24-25H2,1-2H3,(H,48,57)(H,49,55)(H,51,54,56)/t26-,28?,31?,36?/m1/s1. The molecular weight excluding hydrogens is 795 g/mol. The molecule has 1 unspecified atom stereocenters. The van der Waals surface area contributed by atoms with Gasteiger partial charge in [0, 0.05) is 53.1 Å². The number of aryl methyl sites for hydroxylation is 1. The topological polar surface area (TPSA) is 175 Å². The molecule has 4 N–H and O–H groups in total. The van der Waals surface area contributed by atoms with E-state index in [1.165, 1.54) is 26.0 Å². The first-order valence-corrected chi connectivity index (χ1v) is 21.9. The van der Waals surface area contributed by atoms with Crippen LogP contribution in [0.3, 0.4) is 0 Å². The lowest BCUT2D eigenvalue weighted by Gasteiger charge is -2.29. The molecule has 3 aromatic carbocycles. The van der Waals surface area contributed by atoms with Gasteiger partial charge < -0.3 is 25.4 Å². The Morgan fingerprint density at radius 3 is 2.59 bits per heavy atom. The summed E-state index contributed by atoms with van der Waals surface area (Å²) in [6, 6.07) is 22.1. The molecule has 0 bridgehead atoms. The summed E-state index contributed by atoms with van der Waals surface area (Å²) in [5.74, 6) is -0.538. The SMILES string of the molecule is C[C@@H]1CNc2c(sc3ccc4nc(-c5cccc(C6CCC(NC(=O)COCCOCCc7ccc8c(c7)n(C)c(=O)n8C7CCC(=O)NC7=O)CC6)c5)ccc4c23)C(=O)N1. The second-order valence-electron chi connectivity index (χ2n) is 16.4. The van der Waals surface area contributed by atoms with E-state index in [1.54, 1.807) is 7.05 Å². The van der Waals surface area contributed by atoms with Crippen molar-refractivity contribution in [2.24, 2.45) is 7.05 Å². The number of hydrogen-bond acceptors (Lipinski definition) is 10. The Morgan fingerprint density at radius 2 is 1.75 bits per heavy atom. The van der Waals surface area contributed by atoms with Crippen molar-refractivity contribution in [1.82, 2.24) is 30.1 Å². The molecule has 2 fully saturated rings. The fraction of sp³-hybridized carbons (Fsp3) is 0.391. The molecule has 1 saturated heterocycles. The highest BCUT2D eigenvalue weighted by atomic mass is 32.1. The highest BCUT2D eigenvalue weighted by Gasteiger charge is 2.31. The van der Waals surface area contributed by atoms with Crippen LogP contribution in [0.1, 0.15) is 78.2 Å². The first-order valence-electron chi connectivity index (χ1n) is 21.1. The Labute approximate surface area is 356 Å². The molecule has 316 valence electrons. The Morgan fingerprint density at radius 1 is 0.918 bits per heavy atom. The van der Waals surface area contributed by atoms with Gasteiger partial charge in [0.2, 0.25) is 17.7 Å². The normalized spacial score (nSPS) is 20.6. The van der Waals surface area contributed by atoms with E-state index in [1.807, 2.05) is 31.2 Å². The molecule has 2 atom stereocenters. The number of pyridine rings is 1. The number of amides is 4. The summed E-state index contributed by atoms with van der Waals surface area (Å²) in [5, 5.41) is 14.1. The van der Waals surface area contributed by atoms with Crippen LogP contribution >= 0.6 is 11.3 Å². The van der Waals surface area contributed by atoms with Crippen molar-refractivity contribution in [3.63, 3.8) is 0 Å². The molecule has 5 heterocycles. The van der Waals surface area contributed by atoms with Gasteiger partial charge in [-0.05, 0) is 105 Å². The zero-order valence-corrected chi connectivity index (χ0v) is 35.1. The van der Waals surface area contributed by atoms with E-state index < -0.39 is 11.9 Å². The van der Waals surface area contributed by atoms with E-state index in [0.717, 1.165) is 69.2 Å². The van der Waals surface area contributed by atoms with Gasteiger partial charge in [-0.1, -0.05) is 24.3 Å². The Kier molecular flexibility index (Phi) is 11.4. The molecule has 9 rings (SSSR count). The lowest BCUT2D eigenvalue weighted by Crippen LogP contribution is -2.44. The minimum Gasteiger partial charge on any atom is -0.381 e. The molecule has 4 amide bonds. The van der Waals surface area contributed by atoms with Crippen molar-refractivity contribution in [3.05, 3.63) is 93.2 Å². The van der Waals surface area contributed by atoms with Crippen LogP contribution in [0.25, 0.3) is 43.3 Å². The molecule has 3 aromatic heterocycles. The Balaban J connectivity index is 0.715. The third-order valence-electron chi connectivity index (χ3n) is 12.3. The lowest BCUT2D eigenvalue weighted by molar-refractivity contribution is -0.135. The summed E-state index contributed by atoms with van der Waals surface area (Å²) in [4.78, 5) is 68.5. The zero-order chi connectivity index (χ0) is 42.2. The first-order chi connectivity index (χ1) is 29.6. The molecular formula is C46H49N7O7S. The van der Waals surface area contributed by atoms with Crippen molar-refractivity contribution >= 4 is 72.7 Å². The van der Waals surface area contributed by atoms with Crippen molar-refractivity contribution in [1.29, 1.82) is 0 Å². The van der Waals surface area contributed by atoms with Gasteiger partial charge in [-0.25, -0.2) is 9.78 Å². The van der Waals surface area contributed by atoms with Crippen LogP contribution in [0.5, 0.6) is 0 Å². The monoisotopic (exact) mass is 843 g/mol. The number of fused-ring (bicyclic) bond motifs is 6. The molecule has 2 aliphatic heterocycles. The molecule has 6 aromatic rings. The van der Waals surface area contributed by atoms with Crippen LogP contribution in [0, 0.1) is 0 Å². The van der Waals surface area contributed by atoms with Crippen LogP contribution in [0.15, 0.2) is 71.5 Å². The number of thiophene rings is 1. The van der Waals surface area contributed by atoms with Crippen LogP contribution in [0.4, 0.5) is 5.69 Å². The number of imidazole rings is 1. The van der Waals surface area contributed by atoms with Gasteiger partial charge >= 0.3 is 5.69 Å². The van der Waals surface area contributed by atoms with Gasteiger partial charge in [-0.3, -0.25) is 33.6 Å². The number of carbonyl (C=O) groups excluding carboxylic acids is 4. The number of rotatable bonds is 12. The molecule has 14 nitrogen and oxygen atoms in total. The van der Waals surface area contributed by atoms with Crippen LogP contribution in [-0.2, 0) is 37.3 Å². The van der Waals surface area contributed by atoms with Crippen LogP contribution < -0.4 is 27.0 Å². The summed E-state index contributed by atoms with van der Waals surface area (Å²) in [6.07, 6.45) is 4.84. The maximum Gasteiger partial charge on any atom is 0.329 e. The molecule has 61 heavy (non-hydrogen) atoms. The molecule has 1 saturated carbocycles. The quantitative estimate of drug-likeness (QED) is 0.0889. The second kappa shape index (κ2) is 17.2. The molecule has 3 aliphatic rings. The fourth-order valence-electron chi connectivity index (χ4n) is 9.05. The van der Waals surface area contributed by atoms with E-state index in [2.05, 4.69) is 63.7 Å². The number of hydrogen-bond donors (Lipinski definition) is 4. The molecule has 0 spiro atoms. The van der Waals surface area contributed by atoms with Gasteiger partial charge in [0.25, 0.3) is 5.91 Å². The van der Waals surface area contributed by atoms with Crippen molar-refractivity contribution in [3.8, 4) is 11.3 Å². The average Bonchev–Trinajstić information content (AvgIpc) is 3.71. The number of benzene rings is 3. The number of ether oxygens (including phenoxy) is 2. The Bertz CT molecular complexity index is 2750. The number of aromatic nitrogens is 3. The number of nitrogens with one attached hydrogen (secondary N) is 4. The maximum absolute atomic E-state index is 13.0. The minimum atomic E-state index is -0.719. The highest BCUT2D eigenvalue weighted by Crippen LogP contribution is 2.42. The van der Waals surface area contributed by atoms with E-state index in [0.29, 0.717) is 54.6 Å². The van der Waals surface area contributed by atoms with E-state index in [4.69, 9.17) is 14.5 Å². The van der Waals surface area contributed by atoms with E-state index >= 15 is 0 Å². The summed E-state index contributed by atoms with van der Waals surface area (Å²) in [6.45, 7) is 3.72. The number of nitrogens with zero attached hydrogens (tertiary/aromatic N) is 3.